The summed E-state index contributed by atoms with van der Waals surface area (Å²) in [5.41, 5.74) is 6.50. The van der Waals surface area contributed by atoms with E-state index in [9.17, 15) is 10.1 Å². The molecular formula is C17H26N4O3S. The number of hydrogen-bond acceptors (Lipinski definition) is 7. The van der Waals surface area contributed by atoms with Crippen molar-refractivity contribution < 1.29 is 9.34 Å². The zero-order chi connectivity index (χ0) is 19.0. The lowest BCUT2D eigenvalue weighted by Gasteiger charge is -2.05. The van der Waals surface area contributed by atoms with Crippen molar-refractivity contribution in [3.8, 4) is 11.3 Å². The van der Waals surface area contributed by atoms with Crippen molar-refractivity contribution >= 4 is 11.3 Å². The van der Waals surface area contributed by atoms with Crippen LogP contribution in [0.1, 0.15) is 24.0 Å². The van der Waals surface area contributed by atoms with E-state index in [1.807, 2.05) is 26.2 Å². The largest absolute Gasteiger partial charge is 0.460 e. The van der Waals surface area contributed by atoms with Gasteiger partial charge in [-0.05, 0) is 44.6 Å². The number of nitro groups is 1. The molecule has 2 aromatic heterocycles. The SMILES string of the molecule is CCC(=C(N)NC)[N+](=O)[O-].Cc1sccc1-c1ccc(CN(C)C)o1. The van der Waals surface area contributed by atoms with Gasteiger partial charge in [-0.15, -0.1) is 11.3 Å². The van der Waals surface area contributed by atoms with Gasteiger partial charge in [0.2, 0.25) is 0 Å². The predicted molar refractivity (Wildman–Crippen MR) is 102 cm³/mol. The normalized spacial score (nSPS) is 11.6. The number of aryl methyl sites for hydroxylation is 1. The summed E-state index contributed by atoms with van der Waals surface area (Å²) in [5.74, 6) is 2.12. The monoisotopic (exact) mass is 366 g/mol. The van der Waals surface area contributed by atoms with E-state index in [1.165, 1.54) is 10.4 Å². The third kappa shape index (κ3) is 6.24. The van der Waals surface area contributed by atoms with Gasteiger partial charge in [0.1, 0.15) is 11.5 Å². The Balaban J connectivity index is 0.000000275. The molecule has 0 amide bonds. The number of furan rings is 1. The molecule has 0 unspecified atom stereocenters. The molecule has 2 aromatic rings. The number of rotatable bonds is 6. The summed E-state index contributed by atoms with van der Waals surface area (Å²) in [7, 11) is 5.63. The summed E-state index contributed by atoms with van der Waals surface area (Å²) in [5, 5.41) is 14.8. The fraction of sp³-hybridized carbons (Fsp3) is 0.412. The van der Waals surface area contributed by atoms with Crippen molar-refractivity contribution in [2.24, 2.45) is 5.73 Å². The van der Waals surface area contributed by atoms with E-state index in [-0.39, 0.29) is 11.5 Å². The number of nitrogens with one attached hydrogen (secondary N) is 1. The van der Waals surface area contributed by atoms with Crippen LogP contribution in [0.15, 0.2) is 39.5 Å². The van der Waals surface area contributed by atoms with Crippen molar-refractivity contribution in [1.29, 1.82) is 0 Å². The van der Waals surface area contributed by atoms with E-state index in [0.29, 0.717) is 6.42 Å². The Hall–Kier alpha value is -2.32. The molecule has 0 fully saturated rings. The molecule has 7 nitrogen and oxygen atoms in total. The van der Waals surface area contributed by atoms with Crippen molar-refractivity contribution in [1.82, 2.24) is 10.2 Å². The quantitative estimate of drug-likeness (QED) is 0.601. The highest BCUT2D eigenvalue weighted by molar-refractivity contribution is 7.10. The highest BCUT2D eigenvalue weighted by Gasteiger charge is 2.11. The molecule has 0 bridgehead atoms. The van der Waals surface area contributed by atoms with Gasteiger partial charge in [-0.1, -0.05) is 6.92 Å². The van der Waals surface area contributed by atoms with E-state index in [1.54, 1.807) is 25.3 Å². The average molecular weight is 366 g/mol. The van der Waals surface area contributed by atoms with Gasteiger partial charge >= 0.3 is 0 Å². The Morgan fingerprint density at radius 3 is 2.48 bits per heavy atom. The average Bonchev–Trinajstić information content (AvgIpc) is 3.16. The number of nitrogens with zero attached hydrogens (tertiary/aromatic N) is 2. The van der Waals surface area contributed by atoms with Crippen LogP contribution in [0, 0.1) is 17.0 Å². The van der Waals surface area contributed by atoms with Crippen molar-refractivity contribution in [3.63, 3.8) is 0 Å². The van der Waals surface area contributed by atoms with Crippen LogP contribution >= 0.6 is 11.3 Å². The van der Waals surface area contributed by atoms with Crippen LogP contribution in [0.3, 0.4) is 0 Å². The molecule has 0 aliphatic rings. The molecule has 0 aliphatic heterocycles. The second-order valence-electron chi connectivity index (χ2n) is 5.62. The van der Waals surface area contributed by atoms with E-state index < -0.39 is 4.92 Å². The lowest BCUT2D eigenvalue weighted by molar-refractivity contribution is -0.429. The second kappa shape index (κ2) is 9.85. The number of allylic oxidation sites excluding steroid dienone is 1. The minimum atomic E-state index is -0.480. The highest BCUT2D eigenvalue weighted by atomic mass is 32.1. The summed E-state index contributed by atoms with van der Waals surface area (Å²) in [4.78, 5) is 13.1. The Morgan fingerprint density at radius 1 is 1.40 bits per heavy atom. The van der Waals surface area contributed by atoms with E-state index in [4.69, 9.17) is 10.2 Å². The molecule has 0 saturated carbocycles. The van der Waals surface area contributed by atoms with Gasteiger partial charge in [0, 0.05) is 23.9 Å². The predicted octanol–water partition coefficient (Wildman–Crippen LogP) is 3.40. The fourth-order valence-electron chi connectivity index (χ4n) is 2.12. The second-order valence-corrected chi connectivity index (χ2v) is 6.74. The van der Waals surface area contributed by atoms with Gasteiger partial charge in [0.05, 0.1) is 11.5 Å². The van der Waals surface area contributed by atoms with Crippen LogP contribution in [-0.2, 0) is 6.54 Å². The van der Waals surface area contributed by atoms with Crippen LogP contribution in [0.4, 0.5) is 0 Å². The molecular weight excluding hydrogens is 340 g/mol. The van der Waals surface area contributed by atoms with Crippen LogP contribution in [-0.4, -0.2) is 31.0 Å². The van der Waals surface area contributed by atoms with Crippen LogP contribution in [0.5, 0.6) is 0 Å². The van der Waals surface area contributed by atoms with Crippen molar-refractivity contribution in [2.75, 3.05) is 21.1 Å². The Bertz CT molecular complexity index is 719. The molecule has 0 saturated heterocycles. The molecule has 0 aromatic carbocycles. The molecule has 0 radical (unpaired) electrons. The standard InChI is InChI=1S/C12H15NOS.C5H11N3O2/c1-9-11(6-7-15-9)12-5-4-10(14-12)8-13(2)3;1-3-4(8(9)10)5(6)7-2/h4-7H,8H2,1-3H3;7H,3,6H2,1-2H3. The summed E-state index contributed by atoms with van der Waals surface area (Å²) in [6.45, 7) is 4.65. The minimum Gasteiger partial charge on any atom is -0.460 e. The number of thiophene rings is 1. The van der Waals surface area contributed by atoms with Gasteiger partial charge in [-0.25, -0.2) is 0 Å². The molecule has 0 aliphatic carbocycles. The van der Waals surface area contributed by atoms with Crippen molar-refractivity contribution in [3.05, 3.63) is 55.8 Å². The van der Waals surface area contributed by atoms with Gasteiger partial charge in [0.25, 0.3) is 5.70 Å². The maximum absolute atomic E-state index is 10.2. The van der Waals surface area contributed by atoms with Gasteiger partial charge in [0.15, 0.2) is 5.82 Å². The first-order valence-corrected chi connectivity index (χ1v) is 8.76. The molecule has 8 heteroatoms. The van der Waals surface area contributed by atoms with Crippen LogP contribution in [0.2, 0.25) is 0 Å². The summed E-state index contributed by atoms with van der Waals surface area (Å²) < 4.78 is 5.78. The topological polar surface area (TPSA) is 97.6 Å². The lowest BCUT2D eigenvalue weighted by Crippen LogP contribution is -2.20. The van der Waals surface area contributed by atoms with E-state index >= 15 is 0 Å². The summed E-state index contributed by atoms with van der Waals surface area (Å²) in [6.07, 6.45) is 0.333. The van der Waals surface area contributed by atoms with Gasteiger partial charge in [-0.2, -0.15) is 0 Å². The highest BCUT2D eigenvalue weighted by Crippen LogP contribution is 2.29. The zero-order valence-corrected chi connectivity index (χ0v) is 16.1. The molecule has 0 atom stereocenters. The smallest absolute Gasteiger partial charge is 0.285 e. The van der Waals surface area contributed by atoms with E-state index in [2.05, 4.69) is 28.6 Å². The molecule has 138 valence electrons. The zero-order valence-electron chi connectivity index (χ0n) is 15.3. The molecule has 2 heterocycles. The number of nitrogens with two attached hydrogens (primary N) is 1. The Kier molecular flexibility index (Phi) is 8.17. The first-order chi connectivity index (χ1) is 11.8. The molecule has 2 rings (SSSR count). The third-order valence-electron chi connectivity index (χ3n) is 3.39. The minimum absolute atomic E-state index is 0.0301. The summed E-state index contributed by atoms with van der Waals surface area (Å²) >= 11 is 1.75. The first-order valence-electron chi connectivity index (χ1n) is 7.88. The van der Waals surface area contributed by atoms with Crippen molar-refractivity contribution in [2.45, 2.75) is 26.8 Å². The fourth-order valence-corrected chi connectivity index (χ4v) is 2.83. The summed E-state index contributed by atoms with van der Waals surface area (Å²) in [6, 6.07) is 6.21. The molecule has 25 heavy (non-hydrogen) atoms. The van der Waals surface area contributed by atoms with Crippen LogP contribution in [0.25, 0.3) is 11.3 Å². The Morgan fingerprint density at radius 2 is 2.08 bits per heavy atom. The van der Waals surface area contributed by atoms with E-state index in [0.717, 1.165) is 18.1 Å². The molecule has 0 spiro atoms. The lowest BCUT2D eigenvalue weighted by atomic mass is 10.2. The number of hydrogen-bond donors (Lipinski definition) is 2. The van der Waals surface area contributed by atoms with Gasteiger partial charge < -0.3 is 20.4 Å². The maximum Gasteiger partial charge on any atom is 0.285 e. The van der Waals surface area contributed by atoms with Crippen LogP contribution < -0.4 is 11.1 Å². The first kappa shape index (κ1) is 20.7. The third-order valence-corrected chi connectivity index (χ3v) is 4.24. The maximum atomic E-state index is 10.2. The Labute approximate surface area is 152 Å². The molecule has 3 N–H and O–H groups in total. The van der Waals surface area contributed by atoms with Gasteiger partial charge in [-0.3, -0.25) is 10.1 Å².